The quantitative estimate of drug-likeness (QED) is 0.258. The third-order valence-corrected chi connectivity index (χ3v) is 20.5. The zero-order valence-corrected chi connectivity index (χ0v) is 30.3. The molecule has 2 saturated heterocycles. The topological polar surface area (TPSA) is 36.9 Å². The summed E-state index contributed by atoms with van der Waals surface area (Å²) in [5.74, 6) is 3.38. The molecule has 0 aromatic heterocycles. The highest BCUT2D eigenvalue weighted by molar-refractivity contribution is 9.10. The zero-order valence-electron chi connectivity index (χ0n) is 25.1. The fourth-order valence-corrected chi connectivity index (χ4v) is 9.37. The molecule has 0 aliphatic carbocycles. The summed E-state index contributed by atoms with van der Waals surface area (Å²) in [5.41, 5.74) is 1.15. The fraction of sp³-hybridized carbons (Fsp3) is 0.724. The molecule has 0 N–H and O–H groups in total. The fourth-order valence-electron chi connectivity index (χ4n) is 3.89. The summed E-state index contributed by atoms with van der Waals surface area (Å²) in [6, 6.07) is 8.31. The van der Waals surface area contributed by atoms with E-state index in [-0.39, 0.29) is 28.4 Å². The second-order valence-corrected chi connectivity index (χ2v) is 26.4. The summed E-state index contributed by atoms with van der Waals surface area (Å²) < 4.78 is 29.9. The first-order chi connectivity index (χ1) is 17.5. The first kappa shape index (κ1) is 32.8. The van der Waals surface area contributed by atoms with Crippen molar-refractivity contribution in [3.63, 3.8) is 0 Å². The molecule has 4 nitrogen and oxygen atoms in total. The number of thioether (sulfide) groups is 2. The number of rotatable bonds is 8. The van der Waals surface area contributed by atoms with Crippen LogP contribution in [0.1, 0.15) is 59.9 Å². The van der Waals surface area contributed by atoms with Gasteiger partial charge < -0.3 is 18.3 Å². The molecule has 38 heavy (non-hydrogen) atoms. The van der Waals surface area contributed by atoms with Gasteiger partial charge in [0.05, 0.1) is 23.6 Å². The molecule has 0 bridgehead atoms. The molecule has 0 amide bonds. The Balaban J connectivity index is 1.94. The molecule has 9 heteroatoms. The van der Waals surface area contributed by atoms with Crippen LogP contribution >= 0.6 is 39.5 Å². The summed E-state index contributed by atoms with van der Waals surface area (Å²) >= 11 is 7.39. The second kappa shape index (κ2) is 13.1. The van der Waals surface area contributed by atoms with Gasteiger partial charge in [0, 0.05) is 10.9 Å². The van der Waals surface area contributed by atoms with Crippen molar-refractivity contribution < 1.29 is 18.3 Å². The highest BCUT2D eigenvalue weighted by Crippen LogP contribution is 2.46. The van der Waals surface area contributed by atoms with Gasteiger partial charge in [0.25, 0.3) is 0 Å². The Morgan fingerprint density at radius 1 is 0.895 bits per heavy atom. The standard InChI is InChI=1S/C29H49BrO4S2Si2/c1-28(2,3)37(7,8)33-23-18-24(27-35-16-11-17-36-27)32-25(26(23)34-38(9,10)29(4,5)6)20-31-19-21-12-14-22(30)15-13-21/h12-15,23,25-26H,11,16-20H2,1-10H3/t23-,25-,26+/m0/s1. The van der Waals surface area contributed by atoms with Gasteiger partial charge in [0.1, 0.15) is 18.0 Å². The highest BCUT2D eigenvalue weighted by atomic mass is 79.9. The molecule has 2 aliphatic heterocycles. The molecule has 1 aromatic carbocycles. The Bertz CT molecular complexity index is 947. The smallest absolute Gasteiger partial charge is 0.192 e. The Morgan fingerprint density at radius 3 is 2.00 bits per heavy atom. The summed E-state index contributed by atoms with van der Waals surface area (Å²) in [5, 5.41) is 0.202. The van der Waals surface area contributed by atoms with Crippen LogP contribution in [0.5, 0.6) is 0 Å². The van der Waals surface area contributed by atoms with Crippen molar-refractivity contribution in [3.8, 4) is 0 Å². The molecule has 2 fully saturated rings. The van der Waals surface area contributed by atoms with Crippen LogP contribution in [0.3, 0.4) is 0 Å². The van der Waals surface area contributed by atoms with Gasteiger partial charge in [0.15, 0.2) is 16.6 Å². The third kappa shape index (κ3) is 8.63. The molecule has 0 spiro atoms. The van der Waals surface area contributed by atoms with Crippen LogP contribution in [0.15, 0.2) is 38.7 Å². The van der Waals surface area contributed by atoms with Crippen LogP contribution in [-0.4, -0.2) is 53.1 Å². The monoisotopic (exact) mass is 660 g/mol. The van der Waals surface area contributed by atoms with Crippen LogP contribution < -0.4 is 0 Å². The lowest BCUT2D eigenvalue weighted by atomic mass is 10.0. The Morgan fingerprint density at radius 2 is 1.45 bits per heavy atom. The van der Waals surface area contributed by atoms with Gasteiger partial charge in [0.2, 0.25) is 0 Å². The van der Waals surface area contributed by atoms with E-state index in [1.807, 2.05) is 23.5 Å². The number of ether oxygens (including phenoxy) is 2. The molecule has 3 rings (SSSR count). The van der Waals surface area contributed by atoms with Crippen LogP contribution in [0.25, 0.3) is 0 Å². The maximum Gasteiger partial charge on any atom is 0.192 e. The van der Waals surface area contributed by atoms with Crippen molar-refractivity contribution in [2.24, 2.45) is 0 Å². The Kier molecular flexibility index (Phi) is 11.3. The van der Waals surface area contributed by atoms with Gasteiger partial charge in [-0.25, -0.2) is 0 Å². The SMILES string of the molecule is CC(C)(C)[Si](C)(C)O[C@H]1[C@H](COCc2ccc(Br)cc2)OC(=C2SCCCS2)C[C@@H]1O[Si](C)(C)C(C)(C)C. The van der Waals surface area contributed by atoms with E-state index in [2.05, 4.69) is 108 Å². The highest BCUT2D eigenvalue weighted by Gasteiger charge is 2.50. The lowest BCUT2D eigenvalue weighted by Crippen LogP contribution is -2.58. The molecule has 1 aromatic rings. The summed E-state index contributed by atoms with van der Waals surface area (Å²) in [4.78, 5) is 0. The van der Waals surface area contributed by atoms with Gasteiger partial charge in [-0.05, 0) is 71.9 Å². The van der Waals surface area contributed by atoms with Gasteiger partial charge in [-0.1, -0.05) is 69.6 Å². The van der Waals surface area contributed by atoms with Gasteiger partial charge >= 0.3 is 0 Å². The van der Waals surface area contributed by atoms with Gasteiger partial charge in [-0.3, -0.25) is 0 Å². The zero-order chi connectivity index (χ0) is 28.4. The van der Waals surface area contributed by atoms with Crippen LogP contribution in [-0.2, 0) is 24.9 Å². The van der Waals surface area contributed by atoms with E-state index in [0.717, 1.165) is 33.7 Å². The van der Waals surface area contributed by atoms with Crippen LogP contribution in [0, 0.1) is 0 Å². The number of hydrogen-bond acceptors (Lipinski definition) is 6. The van der Waals surface area contributed by atoms with E-state index >= 15 is 0 Å². The van der Waals surface area contributed by atoms with Crippen molar-refractivity contribution in [1.29, 1.82) is 0 Å². The average molecular weight is 662 g/mol. The first-order valence-corrected chi connectivity index (χ1v) is 22.4. The van der Waals surface area contributed by atoms with Gasteiger partial charge in [-0.15, -0.1) is 23.5 Å². The van der Waals surface area contributed by atoms with E-state index in [1.54, 1.807) is 0 Å². The van der Waals surface area contributed by atoms with E-state index in [4.69, 9.17) is 18.3 Å². The van der Waals surface area contributed by atoms with E-state index in [9.17, 15) is 0 Å². The average Bonchev–Trinajstić information content (AvgIpc) is 2.81. The number of halogens is 1. The molecule has 0 unspecified atom stereocenters. The molecular formula is C29H49BrO4S2Si2. The summed E-state index contributed by atoms with van der Waals surface area (Å²) in [7, 11) is -4.15. The van der Waals surface area contributed by atoms with E-state index in [1.165, 1.54) is 10.7 Å². The lowest BCUT2D eigenvalue weighted by molar-refractivity contribution is -0.121. The first-order valence-electron chi connectivity index (χ1n) is 13.8. The van der Waals surface area contributed by atoms with E-state index in [0.29, 0.717) is 13.2 Å². The predicted octanol–water partition coefficient (Wildman–Crippen LogP) is 9.57. The van der Waals surface area contributed by atoms with Crippen molar-refractivity contribution >= 4 is 56.1 Å². The maximum atomic E-state index is 7.19. The van der Waals surface area contributed by atoms with E-state index < -0.39 is 16.6 Å². The maximum absolute atomic E-state index is 7.19. The van der Waals surface area contributed by atoms with Crippen LogP contribution in [0.4, 0.5) is 0 Å². The number of benzene rings is 1. The lowest BCUT2D eigenvalue weighted by Gasteiger charge is -2.49. The van der Waals surface area contributed by atoms with Gasteiger partial charge in [-0.2, -0.15) is 0 Å². The summed E-state index contributed by atoms with van der Waals surface area (Å²) in [6.45, 7) is 24.2. The largest absolute Gasteiger partial charge is 0.488 e. The van der Waals surface area contributed by atoms with Crippen LogP contribution in [0.2, 0.25) is 36.3 Å². The van der Waals surface area contributed by atoms with Crippen molar-refractivity contribution in [2.75, 3.05) is 18.1 Å². The predicted molar refractivity (Wildman–Crippen MR) is 174 cm³/mol. The molecule has 216 valence electrons. The molecule has 0 radical (unpaired) electrons. The molecule has 2 heterocycles. The minimum atomic E-state index is -2.10. The minimum Gasteiger partial charge on any atom is -0.488 e. The normalized spacial score (nSPS) is 23.9. The third-order valence-electron chi connectivity index (χ3n) is 8.35. The Labute approximate surface area is 251 Å². The second-order valence-electron chi connectivity index (χ2n) is 13.5. The Hall–Kier alpha value is 0.254. The summed E-state index contributed by atoms with van der Waals surface area (Å²) in [6.07, 6.45) is 1.58. The molecule has 0 saturated carbocycles. The molecule has 3 atom stereocenters. The molecule has 2 aliphatic rings. The number of hydrogen-bond donors (Lipinski definition) is 0. The van der Waals surface area contributed by atoms with Crippen molar-refractivity contribution in [1.82, 2.24) is 0 Å². The van der Waals surface area contributed by atoms with Crippen molar-refractivity contribution in [2.45, 2.75) is 116 Å². The van der Waals surface area contributed by atoms with Crippen molar-refractivity contribution in [3.05, 3.63) is 44.3 Å². The minimum absolute atomic E-state index is 0.0503. The molecular weight excluding hydrogens is 613 g/mol.